The van der Waals surface area contributed by atoms with Crippen molar-refractivity contribution in [3.05, 3.63) is 66.9 Å². The number of aryl methyl sites for hydroxylation is 2. The fraction of sp³-hybridized carbons (Fsp3) is 0.200. The molecule has 1 aromatic carbocycles. The van der Waals surface area contributed by atoms with E-state index in [1.165, 1.54) is 5.56 Å². The van der Waals surface area contributed by atoms with Crippen LogP contribution in [0.2, 0.25) is 0 Å². The van der Waals surface area contributed by atoms with Crippen molar-refractivity contribution >= 4 is 16.7 Å². The van der Waals surface area contributed by atoms with Crippen molar-refractivity contribution in [2.24, 2.45) is 7.05 Å². The Balaban J connectivity index is 1.44. The topological polar surface area (TPSA) is 68.5 Å². The van der Waals surface area contributed by atoms with E-state index in [-0.39, 0.29) is 0 Å². The monoisotopic (exact) mass is 344 g/mol. The first-order chi connectivity index (χ1) is 12.8. The van der Waals surface area contributed by atoms with Gasteiger partial charge in [0, 0.05) is 43.4 Å². The molecule has 0 radical (unpaired) electrons. The molecule has 1 N–H and O–H groups in total. The average molecular weight is 344 g/mol. The molecule has 0 spiro atoms. The molecule has 26 heavy (non-hydrogen) atoms. The van der Waals surface area contributed by atoms with E-state index in [0.29, 0.717) is 0 Å². The third-order valence-electron chi connectivity index (χ3n) is 4.26. The van der Waals surface area contributed by atoms with E-state index >= 15 is 0 Å². The van der Waals surface area contributed by atoms with E-state index in [4.69, 9.17) is 4.98 Å². The molecule has 0 aliphatic carbocycles. The molecule has 6 nitrogen and oxygen atoms in total. The van der Waals surface area contributed by atoms with Gasteiger partial charge in [-0.15, -0.1) is 0 Å². The summed E-state index contributed by atoms with van der Waals surface area (Å²) in [7, 11) is 1.89. The molecule has 0 saturated carbocycles. The van der Waals surface area contributed by atoms with Crippen LogP contribution in [0.1, 0.15) is 12.0 Å². The highest BCUT2D eigenvalue weighted by atomic mass is 15.2. The number of benzene rings is 1. The Labute approximate surface area is 152 Å². The summed E-state index contributed by atoms with van der Waals surface area (Å²) in [6, 6.07) is 10.2. The molecule has 3 heterocycles. The van der Waals surface area contributed by atoms with E-state index in [9.17, 15) is 0 Å². The van der Waals surface area contributed by atoms with Gasteiger partial charge in [-0.3, -0.25) is 14.6 Å². The summed E-state index contributed by atoms with van der Waals surface area (Å²) in [6.45, 7) is 0.906. The first-order valence-corrected chi connectivity index (χ1v) is 8.66. The summed E-state index contributed by atoms with van der Waals surface area (Å²) in [5.74, 6) is 0. The third kappa shape index (κ3) is 3.69. The zero-order valence-electron chi connectivity index (χ0n) is 14.6. The Morgan fingerprint density at radius 3 is 2.73 bits per heavy atom. The van der Waals surface area contributed by atoms with Crippen LogP contribution >= 0.6 is 0 Å². The summed E-state index contributed by atoms with van der Waals surface area (Å²) in [4.78, 5) is 13.3. The van der Waals surface area contributed by atoms with Crippen LogP contribution in [0.5, 0.6) is 0 Å². The second-order valence-electron chi connectivity index (χ2n) is 6.25. The molecule has 0 atom stereocenters. The van der Waals surface area contributed by atoms with Gasteiger partial charge < -0.3 is 5.32 Å². The summed E-state index contributed by atoms with van der Waals surface area (Å²) >= 11 is 0. The molecular formula is C20H20N6. The van der Waals surface area contributed by atoms with E-state index < -0.39 is 0 Å². The van der Waals surface area contributed by atoms with Crippen LogP contribution in [0.15, 0.2) is 61.3 Å². The summed E-state index contributed by atoms with van der Waals surface area (Å²) < 4.78 is 1.77. The highest BCUT2D eigenvalue weighted by molar-refractivity contribution is 5.80. The van der Waals surface area contributed by atoms with Crippen molar-refractivity contribution in [3.63, 3.8) is 0 Å². The minimum atomic E-state index is 0.834. The van der Waals surface area contributed by atoms with Gasteiger partial charge in [0.25, 0.3) is 0 Å². The largest absolute Gasteiger partial charge is 0.385 e. The van der Waals surface area contributed by atoms with Gasteiger partial charge >= 0.3 is 0 Å². The van der Waals surface area contributed by atoms with Gasteiger partial charge in [-0.2, -0.15) is 5.10 Å². The van der Waals surface area contributed by atoms with E-state index in [1.54, 1.807) is 17.1 Å². The van der Waals surface area contributed by atoms with E-state index in [1.807, 2.05) is 37.8 Å². The van der Waals surface area contributed by atoms with Crippen LogP contribution in [0.4, 0.5) is 5.69 Å². The number of aromatic nitrogens is 5. The standard InChI is InChI=1S/C20H20N6/c1-26-14-16(12-24-26)20-13-23-18-5-4-17(11-19(18)25-20)22-8-2-3-15-6-9-21-10-7-15/h4-7,9-14,22H,2-3,8H2,1H3. The fourth-order valence-electron chi connectivity index (χ4n) is 2.89. The number of pyridine rings is 1. The number of rotatable bonds is 6. The lowest BCUT2D eigenvalue weighted by Crippen LogP contribution is -2.03. The van der Waals surface area contributed by atoms with Crippen molar-refractivity contribution in [2.45, 2.75) is 12.8 Å². The number of hydrogen-bond donors (Lipinski definition) is 1. The summed E-state index contributed by atoms with van der Waals surface area (Å²) in [5.41, 5.74) is 5.95. The van der Waals surface area contributed by atoms with E-state index in [2.05, 4.69) is 38.6 Å². The molecule has 0 bridgehead atoms. The van der Waals surface area contributed by atoms with Gasteiger partial charge in [-0.1, -0.05) is 0 Å². The first kappa shape index (κ1) is 16.2. The Morgan fingerprint density at radius 2 is 1.92 bits per heavy atom. The van der Waals surface area contributed by atoms with Crippen LogP contribution in [0.25, 0.3) is 22.3 Å². The first-order valence-electron chi connectivity index (χ1n) is 8.66. The van der Waals surface area contributed by atoms with Crippen LogP contribution < -0.4 is 5.32 Å². The highest BCUT2D eigenvalue weighted by Crippen LogP contribution is 2.21. The zero-order valence-corrected chi connectivity index (χ0v) is 14.6. The lowest BCUT2D eigenvalue weighted by molar-refractivity contribution is 0.768. The fourth-order valence-corrected chi connectivity index (χ4v) is 2.89. The second-order valence-corrected chi connectivity index (χ2v) is 6.25. The van der Waals surface area contributed by atoms with Gasteiger partial charge in [0.05, 0.1) is 29.1 Å². The smallest absolute Gasteiger partial charge is 0.0924 e. The van der Waals surface area contributed by atoms with E-state index in [0.717, 1.165) is 47.4 Å². The maximum atomic E-state index is 4.73. The predicted octanol–water partition coefficient (Wildman–Crippen LogP) is 3.47. The van der Waals surface area contributed by atoms with Crippen molar-refractivity contribution in [1.82, 2.24) is 24.7 Å². The number of anilines is 1. The van der Waals surface area contributed by atoms with Gasteiger partial charge in [-0.05, 0) is 48.7 Å². The highest BCUT2D eigenvalue weighted by Gasteiger charge is 2.05. The van der Waals surface area contributed by atoms with Gasteiger partial charge in [-0.25, -0.2) is 4.98 Å². The number of fused-ring (bicyclic) bond motifs is 1. The van der Waals surface area contributed by atoms with Crippen LogP contribution in [-0.4, -0.2) is 31.3 Å². The molecule has 0 aliphatic heterocycles. The lowest BCUT2D eigenvalue weighted by Gasteiger charge is -2.08. The molecule has 0 amide bonds. The normalized spacial score (nSPS) is 11.0. The Kier molecular flexibility index (Phi) is 4.55. The molecule has 0 saturated heterocycles. The average Bonchev–Trinajstić information content (AvgIpc) is 3.12. The minimum absolute atomic E-state index is 0.834. The molecule has 4 rings (SSSR count). The lowest BCUT2D eigenvalue weighted by atomic mass is 10.1. The Bertz CT molecular complexity index is 1010. The van der Waals surface area contributed by atoms with Gasteiger partial charge in [0.1, 0.15) is 0 Å². The maximum absolute atomic E-state index is 4.73. The summed E-state index contributed by atoms with van der Waals surface area (Å²) in [6.07, 6.45) is 11.3. The third-order valence-corrected chi connectivity index (χ3v) is 4.26. The van der Waals surface area contributed by atoms with Crippen molar-refractivity contribution in [3.8, 4) is 11.3 Å². The van der Waals surface area contributed by atoms with Crippen molar-refractivity contribution in [2.75, 3.05) is 11.9 Å². The SMILES string of the molecule is Cn1cc(-c2cnc3ccc(NCCCc4ccncc4)cc3n2)cn1. The van der Waals surface area contributed by atoms with Crippen molar-refractivity contribution in [1.29, 1.82) is 0 Å². The second kappa shape index (κ2) is 7.31. The predicted molar refractivity (Wildman–Crippen MR) is 103 cm³/mol. The van der Waals surface area contributed by atoms with Gasteiger partial charge in [0.2, 0.25) is 0 Å². The van der Waals surface area contributed by atoms with Crippen LogP contribution in [-0.2, 0) is 13.5 Å². The number of hydrogen-bond acceptors (Lipinski definition) is 5. The quantitative estimate of drug-likeness (QED) is 0.543. The molecule has 6 heteroatoms. The van der Waals surface area contributed by atoms with Crippen molar-refractivity contribution < 1.29 is 0 Å². The molecule has 0 fully saturated rings. The number of nitrogens with one attached hydrogen (secondary N) is 1. The zero-order chi connectivity index (χ0) is 17.8. The molecular weight excluding hydrogens is 324 g/mol. The Hall–Kier alpha value is -3.28. The summed E-state index contributed by atoms with van der Waals surface area (Å²) in [5, 5.41) is 7.67. The van der Waals surface area contributed by atoms with Crippen LogP contribution in [0.3, 0.4) is 0 Å². The van der Waals surface area contributed by atoms with Gasteiger partial charge in [0.15, 0.2) is 0 Å². The molecule has 3 aromatic heterocycles. The number of nitrogens with zero attached hydrogens (tertiary/aromatic N) is 5. The molecule has 130 valence electrons. The molecule has 0 aliphatic rings. The maximum Gasteiger partial charge on any atom is 0.0924 e. The Morgan fingerprint density at radius 1 is 1.04 bits per heavy atom. The molecule has 4 aromatic rings. The minimum Gasteiger partial charge on any atom is -0.385 e. The molecule has 0 unspecified atom stereocenters. The van der Waals surface area contributed by atoms with Crippen LogP contribution in [0, 0.1) is 0 Å².